The number of carbonyl (C=O) groups is 1. The molecular formula is C16H22ClNO3. The van der Waals surface area contributed by atoms with Gasteiger partial charge in [0.2, 0.25) is 0 Å². The van der Waals surface area contributed by atoms with Crippen molar-refractivity contribution in [2.24, 2.45) is 0 Å². The first-order chi connectivity index (χ1) is 9.65. The molecule has 0 radical (unpaired) electrons. The number of carbonyl (C=O) groups excluding carboxylic acids is 1. The van der Waals surface area contributed by atoms with Gasteiger partial charge >= 0.3 is 5.97 Å². The van der Waals surface area contributed by atoms with E-state index in [1.165, 1.54) is 12.8 Å². The number of halogens is 1. The van der Waals surface area contributed by atoms with Gasteiger partial charge in [0, 0.05) is 12.1 Å². The van der Waals surface area contributed by atoms with Crippen molar-refractivity contribution >= 4 is 18.4 Å². The van der Waals surface area contributed by atoms with Crippen molar-refractivity contribution in [2.75, 3.05) is 7.05 Å². The predicted molar refractivity (Wildman–Crippen MR) is 82.3 cm³/mol. The van der Waals surface area contributed by atoms with Crippen LogP contribution in [0.5, 0.6) is 0 Å². The van der Waals surface area contributed by atoms with E-state index in [1.807, 2.05) is 18.2 Å². The molecule has 1 unspecified atom stereocenters. The minimum absolute atomic E-state index is 0. The summed E-state index contributed by atoms with van der Waals surface area (Å²) in [5.74, 6) is -0.523. The van der Waals surface area contributed by atoms with E-state index < -0.39 is 12.1 Å². The van der Waals surface area contributed by atoms with Gasteiger partial charge in [0.25, 0.3) is 0 Å². The number of ether oxygens (including phenoxy) is 1. The van der Waals surface area contributed by atoms with Gasteiger partial charge in [0.1, 0.15) is 6.10 Å². The molecule has 3 rings (SSSR count). The monoisotopic (exact) mass is 311 g/mol. The SMILES string of the molecule is CN1[C@@H]2CC[C@@H]1CC(OC(=O)C(O)c1ccccc1)C2.Cl. The van der Waals surface area contributed by atoms with Gasteiger partial charge in [-0.05, 0) is 38.3 Å². The molecule has 2 heterocycles. The van der Waals surface area contributed by atoms with E-state index in [-0.39, 0.29) is 18.5 Å². The van der Waals surface area contributed by atoms with E-state index in [2.05, 4.69) is 11.9 Å². The second kappa shape index (κ2) is 6.77. The van der Waals surface area contributed by atoms with Crippen molar-refractivity contribution in [2.45, 2.75) is 50.0 Å². The molecule has 2 bridgehead atoms. The van der Waals surface area contributed by atoms with Gasteiger partial charge in [-0.2, -0.15) is 0 Å². The lowest BCUT2D eigenvalue weighted by Gasteiger charge is -2.36. The largest absolute Gasteiger partial charge is 0.460 e. The summed E-state index contributed by atoms with van der Waals surface area (Å²) in [5, 5.41) is 10.0. The second-order valence-corrected chi connectivity index (χ2v) is 5.89. The fourth-order valence-electron chi connectivity index (χ4n) is 3.46. The minimum atomic E-state index is -1.17. The molecule has 21 heavy (non-hydrogen) atoms. The number of hydrogen-bond acceptors (Lipinski definition) is 4. The molecule has 2 aliphatic rings. The molecule has 0 aliphatic carbocycles. The Labute approximate surface area is 131 Å². The number of hydrogen-bond donors (Lipinski definition) is 1. The zero-order valence-electron chi connectivity index (χ0n) is 12.1. The summed E-state index contributed by atoms with van der Waals surface area (Å²) in [6, 6.07) is 10.0. The molecule has 1 aromatic carbocycles. The molecule has 0 amide bonds. The van der Waals surface area contributed by atoms with Gasteiger partial charge in [-0.15, -0.1) is 12.4 Å². The molecule has 2 aliphatic heterocycles. The number of aliphatic hydroxyl groups is 1. The third-order valence-electron chi connectivity index (χ3n) is 4.68. The summed E-state index contributed by atoms with van der Waals surface area (Å²) in [4.78, 5) is 14.4. The van der Waals surface area contributed by atoms with Crippen LogP contribution in [-0.2, 0) is 9.53 Å². The minimum Gasteiger partial charge on any atom is -0.460 e. The topological polar surface area (TPSA) is 49.8 Å². The zero-order chi connectivity index (χ0) is 14.1. The normalized spacial score (nSPS) is 29.5. The van der Waals surface area contributed by atoms with Crippen LogP contribution in [0.1, 0.15) is 37.4 Å². The highest BCUT2D eigenvalue weighted by Crippen LogP contribution is 2.35. The van der Waals surface area contributed by atoms with Crippen molar-refractivity contribution in [3.8, 4) is 0 Å². The maximum Gasteiger partial charge on any atom is 0.339 e. The molecule has 2 fully saturated rings. The molecule has 5 heteroatoms. The van der Waals surface area contributed by atoms with Crippen LogP contribution in [0.3, 0.4) is 0 Å². The summed E-state index contributed by atoms with van der Waals surface area (Å²) in [5.41, 5.74) is 0.591. The molecule has 1 aromatic rings. The van der Waals surface area contributed by atoms with Gasteiger partial charge in [-0.25, -0.2) is 4.79 Å². The Morgan fingerprint density at radius 1 is 1.24 bits per heavy atom. The summed E-state index contributed by atoms with van der Waals surface area (Å²) in [6.07, 6.45) is 2.94. The van der Waals surface area contributed by atoms with Crippen LogP contribution < -0.4 is 0 Å². The quantitative estimate of drug-likeness (QED) is 0.870. The van der Waals surface area contributed by atoms with E-state index in [0.717, 1.165) is 12.8 Å². The number of aliphatic hydroxyl groups excluding tert-OH is 1. The lowest BCUT2D eigenvalue weighted by molar-refractivity contribution is -0.162. The van der Waals surface area contributed by atoms with Crippen LogP contribution in [0.2, 0.25) is 0 Å². The number of nitrogens with zero attached hydrogens (tertiary/aromatic N) is 1. The maximum absolute atomic E-state index is 12.0. The summed E-state index contributed by atoms with van der Waals surface area (Å²) >= 11 is 0. The predicted octanol–water partition coefficient (Wildman–Crippen LogP) is 2.31. The van der Waals surface area contributed by atoms with Crippen LogP contribution in [0, 0.1) is 0 Å². The smallest absolute Gasteiger partial charge is 0.339 e. The van der Waals surface area contributed by atoms with Crippen LogP contribution in [-0.4, -0.2) is 41.2 Å². The molecule has 2 saturated heterocycles. The van der Waals surface area contributed by atoms with Gasteiger partial charge < -0.3 is 14.7 Å². The van der Waals surface area contributed by atoms with Crippen LogP contribution in [0.4, 0.5) is 0 Å². The lowest BCUT2D eigenvalue weighted by atomic mass is 10.0. The van der Waals surface area contributed by atoms with E-state index in [4.69, 9.17) is 4.74 Å². The molecule has 0 spiro atoms. The standard InChI is InChI=1S/C16H21NO3.ClH/c1-17-12-7-8-13(17)10-14(9-12)20-16(19)15(18)11-5-3-2-4-6-11;/h2-6,12-15,18H,7-10H2,1H3;1H/t12-,13-,15?;/m1./s1. The second-order valence-electron chi connectivity index (χ2n) is 5.89. The summed E-state index contributed by atoms with van der Waals surface area (Å²) in [7, 11) is 2.15. The Morgan fingerprint density at radius 2 is 1.81 bits per heavy atom. The van der Waals surface area contributed by atoms with Crippen LogP contribution in [0.15, 0.2) is 30.3 Å². The summed E-state index contributed by atoms with van der Waals surface area (Å²) < 4.78 is 5.52. The highest BCUT2D eigenvalue weighted by molar-refractivity contribution is 5.85. The van der Waals surface area contributed by atoms with E-state index in [9.17, 15) is 9.90 Å². The molecular weight excluding hydrogens is 290 g/mol. The van der Waals surface area contributed by atoms with E-state index in [0.29, 0.717) is 17.6 Å². The highest BCUT2D eigenvalue weighted by Gasteiger charge is 2.40. The number of esters is 1. The molecule has 4 nitrogen and oxygen atoms in total. The number of fused-ring (bicyclic) bond motifs is 2. The zero-order valence-corrected chi connectivity index (χ0v) is 13.0. The Bertz CT molecular complexity index is 468. The Morgan fingerprint density at radius 3 is 2.38 bits per heavy atom. The van der Waals surface area contributed by atoms with E-state index >= 15 is 0 Å². The van der Waals surface area contributed by atoms with Crippen molar-refractivity contribution in [3.63, 3.8) is 0 Å². The Balaban J connectivity index is 0.00000161. The Hall–Kier alpha value is -1.10. The molecule has 0 aromatic heterocycles. The first-order valence-electron chi connectivity index (χ1n) is 7.30. The van der Waals surface area contributed by atoms with Crippen LogP contribution >= 0.6 is 12.4 Å². The summed E-state index contributed by atoms with van der Waals surface area (Å²) in [6.45, 7) is 0. The third-order valence-corrected chi connectivity index (χ3v) is 4.68. The molecule has 3 atom stereocenters. The molecule has 0 saturated carbocycles. The van der Waals surface area contributed by atoms with Gasteiger partial charge in [0.05, 0.1) is 0 Å². The number of benzene rings is 1. The van der Waals surface area contributed by atoms with Crippen molar-refractivity contribution in [1.82, 2.24) is 4.90 Å². The first kappa shape index (κ1) is 16.3. The van der Waals surface area contributed by atoms with Crippen molar-refractivity contribution < 1.29 is 14.6 Å². The van der Waals surface area contributed by atoms with Crippen LogP contribution in [0.25, 0.3) is 0 Å². The Kier molecular flexibility index (Phi) is 5.25. The fraction of sp³-hybridized carbons (Fsp3) is 0.562. The molecule has 1 N–H and O–H groups in total. The third kappa shape index (κ3) is 3.39. The maximum atomic E-state index is 12.0. The average molecular weight is 312 g/mol. The highest BCUT2D eigenvalue weighted by atomic mass is 35.5. The van der Waals surface area contributed by atoms with Crippen molar-refractivity contribution in [1.29, 1.82) is 0 Å². The lowest BCUT2D eigenvalue weighted by Crippen LogP contribution is -2.43. The first-order valence-corrected chi connectivity index (χ1v) is 7.30. The van der Waals surface area contributed by atoms with Crippen molar-refractivity contribution in [3.05, 3.63) is 35.9 Å². The average Bonchev–Trinajstić information content (AvgIpc) is 2.69. The van der Waals surface area contributed by atoms with Gasteiger partial charge in [0.15, 0.2) is 6.10 Å². The number of piperidine rings is 1. The molecule has 116 valence electrons. The van der Waals surface area contributed by atoms with Gasteiger partial charge in [-0.1, -0.05) is 30.3 Å². The fourth-order valence-corrected chi connectivity index (χ4v) is 3.46. The number of rotatable bonds is 3. The van der Waals surface area contributed by atoms with E-state index in [1.54, 1.807) is 12.1 Å². The van der Waals surface area contributed by atoms with Gasteiger partial charge in [-0.3, -0.25) is 0 Å².